The molecule has 2 heterocycles. The summed E-state index contributed by atoms with van der Waals surface area (Å²) in [5, 5.41) is 0. The minimum absolute atomic E-state index is 0.198. The lowest BCUT2D eigenvalue weighted by Gasteiger charge is -2.30. The van der Waals surface area contributed by atoms with E-state index in [1.54, 1.807) is 4.90 Å². The van der Waals surface area contributed by atoms with Crippen molar-refractivity contribution in [2.45, 2.75) is 19.3 Å². The van der Waals surface area contributed by atoms with Crippen molar-refractivity contribution in [1.82, 2.24) is 9.80 Å². The van der Waals surface area contributed by atoms with Crippen LogP contribution in [0.1, 0.15) is 6.92 Å². The molecule has 2 rings (SSSR count). The molecule has 0 spiro atoms. The molecule has 0 radical (unpaired) electrons. The van der Waals surface area contributed by atoms with Crippen LogP contribution in [0.4, 0.5) is 0 Å². The predicted octanol–water partition coefficient (Wildman–Crippen LogP) is -0.495. The Hall–Kier alpha value is -0.610. The van der Waals surface area contributed by atoms with Crippen molar-refractivity contribution in [3.63, 3.8) is 0 Å². The average molecular weight is 170 g/mol. The van der Waals surface area contributed by atoms with E-state index in [0.717, 1.165) is 13.1 Å². The van der Waals surface area contributed by atoms with E-state index in [2.05, 4.69) is 4.90 Å². The van der Waals surface area contributed by atoms with Gasteiger partial charge in [0.1, 0.15) is 6.23 Å². The third-order valence-electron chi connectivity index (χ3n) is 2.53. The van der Waals surface area contributed by atoms with Crippen molar-refractivity contribution in [2.75, 3.05) is 26.7 Å². The van der Waals surface area contributed by atoms with Gasteiger partial charge in [0.25, 0.3) is 0 Å². The fraction of sp³-hybridized carbons (Fsp3) is 0.875. The number of rotatable bonds is 1. The highest BCUT2D eigenvalue weighted by molar-refractivity contribution is 5.78. The molecular formula is C8H14N2O2. The number of ether oxygens (including phenoxy) is 1. The first-order valence-corrected chi connectivity index (χ1v) is 4.32. The normalized spacial score (nSPS) is 37.2. The summed E-state index contributed by atoms with van der Waals surface area (Å²) in [6.07, 6.45) is 0.531. The summed E-state index contributed by atoms with van der Waals surface area (Å²) < 4.78 is 5.30. The van der Waals surface area contributed by atoms with Gasteiger partial charge in [0.2, 0.25) is 5.91 Å². The van der Waals surface area contributed by atoms with Gasteiger partial charge in [-0.1, -0.05) is 0 Å². The van der Waals surface area contributed by atoms with E-state index < -0.39 is 0 Å². The molecule has 4 heteroatoms. The minimum atomic E-state index is 0.198. The first-order valence-electron chi connectivity index (χ1n) is 4.32. The van der Waals surface area contributed by atoms with Crippen molar-refractivity contribution in [3.05, 3.63) is 0 Å². The number of likely N-dealkylation sites (N-methyl/N-ethyl adjacent to an activating group) is 1. The monoisotopic (exact) mass is 170 g/mol. The molecule has 0 aromatic rings. The van der Waals surface area contributed by atoms with Gasteiger partial charge in [-0.3, -0.25) is 9.69 Å². The topological polar surface area (TPSA) is 36.1 Å². The molecule has 2 fully saturated rings. The first kappa shape index (κ1) is 8.01. The van der Waals surface area contributed by atoms with E-state index in [1.807, 2.05) is 14.0 Å². The Bertz CT molecular complexity index is 207. The van der Waals surface area contributed by atoms with Crippen LogP contribution in [-0.2, 0) is 9.53 Å². The maximum atomic E-state index is 11.3. The Morgan fingerprint density at radius 1 is 1.50 bits per heavy atom. The second-order valence-corrected chi connectivity index (χ2v) is 3.52. The lowest BCUT2D eigenvalue weighted by Crippen LogP contribution is -2.49. The van der Waals surface area contributed by atoms with Gasteiger partial charge in [0.15, 0.2) is 0 Å². The van der Waals surface area contributed by atoms with Gasteiger partial charge in [-0.25, -0.2) is 0 Å². The average Bonchev–Trinajstić information content (AvgIpc) is 2.73. The molecule has 2 atom stereocenters. The summed E-state index contributed by atoms with van der Waals surface area (Å²) in [5.41, 5.74) is 0. The highest BCUT2D eigenvalue weighted by Gasteiger charge is 2.41. The number of amides is 1. The molecule has 68 valence electrons. The van der Waals surface area contributed by atoms with Gasteiger partial charge in [-0.05, 0) is 6.92 Å². The molecule has 2 unspecified atom stereocenters. The molecular weight excluding hydrogens is 156 g/mol. The smallest absolute Gasteiger partial charge is 0.236 e. The van der Waals surface area contributed by atoms with E-state index in [-0.39, 0.29) is 12.1 Å². The van der Waals surface area contributed by atoms with E-state index >= 15 is 0 Å². The molecule has 0 saturated carbocycles. The summed E-state index contributed by atoms with van der Waals surface area (Å²) in [5.74, 6) is 0.198. The second-order valence-electron chi connectivity index (χ2n) is 3.52. The Morgan fingerprint density at radius 3 is 2.67 bits per heavy atom. The minimum Gasteiger partial charge on any atom is -0.353 e. The van der Waals surface area contributed by atoms with Crippen LogP contribution in [-0.4, -0.2) is 54.7 Å². The van der Waals surface area contributed by atoms with Crippen LogP contribution < -0.4 is 0 Å². The fourth-order valence-corrected chi connectivity index (χ4v) is 1.55. The van der Waals surface area contributed by atoms with Crippen molar-refractivity contribution < 1.29 is 9.53 Å². The number of piperazine rings is 1. The Kier molecular flexibility index (Phi) is 1.81. The fourth-order valence-electron chi connectivity index (χ4n) is 1.55. The van der Waals surface area contributed by atoms with E-state index in [1.165, 1.54) is 0 Å². The quantitative estimate of drug-likeness (QED) is 0.498. The molecule has 2 saturated heterocycles. The summed E-state index contributed by atoms with van der Waals surface area (Å²) in [7, 11) is 1.84. The summed E-state index contributed by atoms with van der Waals surface area (Å²) in [4.78, 5) is 15.1. The number of epoxide rings is 1. The molecule has 0 aromatic carbocycles. The number of carbonyl (C=O) groups excluding carboxylic acids is 1. The van der Waals surface area contributed by atoms with Crippen LogP contribution in [0.3, 0.4) is 0 Å². The molecule has 1 amide bonds. The Balaban J connectivity index is 1.90. The molecule has 2 aliphatic rings. The van der Waals surface area contributed by atoms with E-state index in [4.69, 9.17) is 4.74 Å². The highest BCUT2D eigenvalue weighted by Crippen LogP contribution is 2.25. The maximum absolute atomic E-state index is 11.3. The Morgan fingerprint density at radius 2 is 2.17 bits per heavy atom. The summed E-state index contributed by atoms with van der Waals surface area (Å²) >= 11 is 0. The van der Waals surface area contributed by atoms with Crippen LogP contribution in [0.25, 0.3) is 0 Å². The van der Waals surface area contributed by atoms with Gasteiger partial charge in [-0.2, -0.15) is 0 Å². The zero-order valence-corrected chi connectivity index (χ0v) is 7.49. The third kappa shape index (κ3) is 1.32. The predicted molar refractivity (Wildman–Crippen MR) is 43.5 cm³/mol. The van der Waals surface area contributed by atoms with Gasteiger partial charge in [-0.15, -0.1) is 0 Å². The number of hydrogen-bond acceptors (Lipinski definition) is 3. The SMILES string of the molecule is CC1OC1N1CCN(C)C(=O)C1. The summed E-state index contributed by atoms with van der Waals surface area (Å²) in [6, 6.07) is 0. The zero-order chi connectivity index (χ0) is 8.72. The highest BCUT2D eigenvalue weighted by atomic mass is 16.6. The standard InChI is InChI=1S/C8H14N2O2/c1-6-8(12-6)10-4-3-9(2)7(11)5-10/h6,8H,3-5H2,1-2H3. The van der Waals surface area contributed by atoms with Crippen LogP contribution in [0, 0.1) is 0 Å². The van der Waals surface area contributed by atoms with Gasteiger partial charge in [0.05, 0.1) is 12.6 Å². The number of nitrogens with zero attached hydrogens (tertiary/aromatic N) is 2. The number of hydrogen-bond donors (Lipinski definition) is 0. The van der Waals surface area contributed by atoms with Crippen molar-refractivity contribution in [2.24, 2.45) is 0 Å². The van der Waals surface area contributed by atoms with Gasteiger partial charge < -0.3 is 9.64 Å². The van der Waals surface area contributed by atoms with Crippen LogP contribution in [0.5, 0.6) is 0 Å². The molecule has 12 heavy (non-hydrogen) atoms. The van der Waals surface area contributed by atoms with Gasteiger partial charge in [0, 0.05) is 20.1 Å². The molecule has 0 aliphatic carbocycles. The van der Waals surface area contributed by atoms with E-state index in [9.17, 15) is 4.79 Å². The van der Waals surface area contributed by atoms with Gasteiger partial charge >= 0.3 is 0 Å². The second kappa shape index (κ2) is 2.71. The van der Waals surface area contributed by atoms with Crippen LogP contribution in [0.2, 0.25) is 0 Å². The summed E-state index contributed by atoms with van der Waals surface area (Å²) in [6.45, 7) is 4.32. The maximum Gasteiger partial charge on any atom is 0.236 e. The first-order chi connectivity index (χ1) is 5.68. The lowest BCUT2D eigenvalue weighted by atomic mass is 10.3. The number of carbonyl (C=O) groups is 1. The molecule has 2 aliphatic heterocycles. The molecule has 0 bridgehead atoms. The largest absolute Gasteiger partial charge is 0.353 e. The van der Waals surface area contributed by atoms with Crippen molar-refractivity contribution in [1.29, 1.82) is 0 Å². The lowest BCUT2D eigenvalue weighted by molar-refractivity contribution is -0.135. The van der Waals surface area contributed by atoms with Crippen molar-refractivity contribution in [3.8, 4) is 0 Å². The molecule has 0 aromatic heterocycles. The zero-order valence-electron chi connectivity index (χ0n) is 7.49. The van der Waals surface area contributed by atoms with Crippen LogP contribution in [0.15, 0.2) is 0 Å². The van der Waals surface area contributed by atoms with E-state index in [0.29, 0.717) is 12.6 Å². The van der Waals surface area contributed by atoms with Crippen molar-refractivity contribution >= 4 is 5.91 Å². The Labute approximate surface area is 72.1 Å². The third-order valence-corrected chi connectivity index (χ3v) is 2.53. The molecule has 0 N–H and O–H groups in total. The van der Waals surface area contributed by atoms with Crippen LogP contribution >= 0.6 is 0 Å². The molecule has 4 nitrogen and oxygen atoms in total.